The van der Waals surface area contributed by atoms with Gasteiger partial charge in [-0.1, -0.05) is 23.7 Å². The molecule has 2 saturated heterocycles. The standard InChI is InChI=1S/C17H23ClN2O3/c1-13(14-2-4-15(18)5-3-14)19-6-8-20(9-7-19)17(21)16-12-22-10-11-23-16/h2-5,13,16H,6-12H2,1H3/t13-,16-/m1/s1. The molecule has 0 saturated carbocycles. The van der Waals surface area contributed by atoms with Gasteiger partial charge in [0, 0.05) is 37.2 Å². The second-order valence-electron chi connectivity index (χ2n) is 6.02. The topological polar surface area (TPSA) is 42.0 Å². The smallest absolute Gasteiger partial charge is 0.254 e. The number of halogens is 1. The van der Waals surface area contributed by atoms with Crippen LogP contribution in [0.4, 0.5) is 0 Å². The molecule has 0 N–H and O–H groups in total. The largest absolute Gasteiger partial charge is 0.376 e. The number of hydrogen-bond donors (Lipinski definition) is 0. The van der Waals surface area contributed by atoms with Crippen molar-refractivity contribution in [1.29, 1.82) is 0 Å². The molecule has 2 fully saturated rings. The Balaban J connectivity index is 1.53. The quantitative estimate of drug-likeness (QED) is 0.845. The van der Waals surface area contributed by atoms with Crippen molar-refractivity contribution < 1.29 is 14.3 Å². The first-order chi connectivity index (χ1) is 11.1. The lowest BCUT2D eigenvalue weighted by Crippen LogP contribution is -2.53. The van der Waals surface area contributed by atoms with Crippen molar-refractivity contribution in [2.24, 2.45) is 0 Å². The number of nitrogens with zero attached hydrogens (tertiary/aromatic N) is 2. The highest BCUT2D eigenvalue weighted by Gasteiger charge is 2.31. The Labute approximate surface area is 142 Å². The molecule has 0 aliphatic carbocycles. The fraction of sp³-hybridized carbons (Fsp3) is 0.588. The maximum atomic E-state index is 12.4. The van der Waals surface area contributed by atoms with Crippen LogP contribution in [0.5, 0.6) is 0 Å². The summed E-state index contributed by atoms with van der Waals surface area (Å²) in [7, 11) is 0. The zero-order chi connectivity index (χ0) is 16.2. The van der Waals surface area contributed by atoms with Crippen LogP contribution in [0.1, 0.15) is 18.5 Å². The van der Waals surface area contributed by atoms with Gasteiger partial charge in [-0.2, -0.15) is 0 Å². The van der Waals surface area contributed by atoms with Crippen LogP contribution in [0.15, 0.2) is 24.3 Å². The van der Waals surface area contributed by atoms with Gasteiger partial charge in [-0.05, 0) is 24.6 Å². The van der Waals surface area contributed by atoms with Gasteiger partial charge in [0.2, 0.25) is 0 Å². The van der Waals surface area contributed by atoms with Crippen LogP contribution in [0.25, 0.3) is 0 Å². The molecule has 3 rings (SSSR count). The maximum absolute atomic E-state index is 12.4. The minimum absolute atomic E-state index is 0.0588. The summed E-state index contributed by atoms with van der Waals surface area (Å²) < 4.78 is 10.8. The molecule has 1 aromatic rings. The average molecular weight is 339 g/mol. The van der Waals surface area contributed by atoms with Crippen molar-refractivity contribution in [1.82, 2.24) is 9.80 Å². The van der Waals surface area contributed by atoms with E-state index in [1.54, 1.807) is 0 Å². The van der Waals surface area contributed by atoms with Crippen LogP contribution in [0.2, 0.25) is 5.02 Å². The van der Waals surface area contributed by atoms with Crippen molar-refractivity contribution in [3.63, 3.8) is 0 Å². The fourth-order valence-corrected chi connectivity index (χ4v) is 3.24. The van der Waals surface area contributed by atoms with Gasteiger partial charge in [-0.15, -0.1) is 0 Å². The molecule has 6 heteroatoms. The number of ether oxygens (including phenoxy) is 2. The molecule has 2 aliphatic rings. The SMILES string of the molecule is C[C@H](c1ccc(Cl)cc1)N1CCN(C(=O)[C@H]2COCCO2)CC1. The van der Waals surface area contributed by atoms with Crippen molar-refractivity contribution in [3.8, 4) is 0 Å². The first-order valence-corrected chi connectivity index (χ1v) is 8.50. The van der Waals surface area contributed by atoms with E-state index in [1.165, 1.54) is 5.56 Å². The van der Waals surface area contributed by atoms with Gasteiger partial charge < -0.3 is 14.4 Å². The van der Waals surface area contributed by atoms with E-state index in [0.717, 1.165) is 31.2 Å². The molecule has 126 valence electrons. The number of benzene rings is 1. The molecule has 0 spiro atoms. The average Bonchev–Trinajstić information content (AvgIpc) is 2.62. The third-order valence-electron chi connectivity index (χ3n) is 4.62. The molecule has 0 radical (unpaired) electrons. The Hall–Kier alpha value is -1.14. The van der Waals surface area contributed by atoms with E-state index in [1.807, 2.05) is 17.0 Å². The number of carbonyl (C=O) groups excluding carboxylic acids is 1. The van der Waals surface area contributed by atoms with Crippen LogP contribution in [-0.2, 0) is 14.3 Å². The molecule has 2 heterocycles. The zero-order valence-electron chi connectivity index (χ0n) is 13.4. The molecule has 23 heavy (non-hydrogen) atoms. The number of amides is 1. The van der Waals surface area contributed by atoms with E-state index in [9.17, 15) is 4.79 Å². The minimum Gasteiger partial charge on any atom is -0.376 e. The summed E-state index contributed by atoms with van der Waals surface area (Å²) in [5, 5.41) is 0.756. The molecular formula is C17H23ClN2O3. The predicted octanol–water partition coefficient (Wildman–Crippen LogP) is 1.96. The summed E-state index contributed by atoms with van der Waals surface area (Å²) in [6, 6.07) is 8.30. The first-order valence-electron chi connectivity index (χ1n) is 8.13. The second kappa shape index (κ2) is 7.62. The van der Waals surface area contributed by atoms with Crippen molar-refractivity contribution >= 4 is 17.5 Å². The van der Waals surface area contributed by atoms with Crippen LogP contribution in [-0.4, -0.2) is 67.8 Å². The van der Waals surface area contributed by atoms with Crippen LogP contribution >= 0.6 is 11.6 Å². The number of hydrogen-bond acceptors (Lipinski definition) is 4. The predicted molar refractivity (Wildman–Crippen MR) is 88.6 cm³/mol. The lowest BCUT2D eigenvalue weighted by atomic mass is 10.1. The van der Waals surface area contributed by atoms with Crippen molar-refractivity contribution in [3.05, 3.63) is 34.9 Å². The van der Waals surface area contributed by atoms with Gasteiger partial charge in [0.05, 0.1) is 19.8 Å². The van der Waals surface area contributed by atoms with E-state index in [4.69, 9.17) is 21.1 Å². The highest BCUT2D eigenvalue weighted by atomic mass is 35.5. The van der Waals surface area contributed by atoms with Gasteiger partial charge >= 0.3 is 0 Å². The van der Waals surface area contributed by atoms with E-state index in [0.29, 0.717) is 25.9 Å². The zero-order valence-corrected chi connectivity index (χ0v) is 14.2. The molecule has 1 amide bonds. The Bertz CT molecular complexity index is 523. The summed E-state index contributed by atoms with van der Waals surface area (Å²) in [6.07, 6.45) is -0.427. The van der Waals surface area contributed by atoms with Crippen LogP contribution in [0.3, 0.4) is 0 Å². The molecule has 0 bridgehead atoms. The van der Waals surface area contributed by atoms with Gasteiger partial charge in [-0.3, -0.25) is 9.69 Å². The molecular weight excluding hydrogens is 316 g/mol. The monoisotopic (exact) mass is 338 g/mol. The summed E-state index contributed by atoms with van der Waals surface area (Å²) in [5.74, 6) is 0.0588. The third kappa shape index (κ3) is 4.04. The van der Waals surface area contributed by atoms with Crippen LogP contribution < -0.4 is 0 Å². The Kier molecular flexibility index (Phi) is 5.54. The molecule has 0 aromatic heterocycles. The number of rotatable bonds is 3. The summed E-state index contributed by atoms with van der Waals surface area (Å²) >= 11 is 5.95. The second-order valence-corrected chi connectivity index (χ2v) is 6.46. The molecule has 0 unspecified atom stereocenters. The summed E-state index contributed by atoms with van der Waals surface area (Å²) in [5.41, 5.74) is 1.25. The lowest BCUT2D eigenvalue weighted by Gasteiger charge is -2.39. The molecule has 2 atom stereocenters. The molecule has 1 aromatic carbocycles. The maximum Gasteiger partial charge on any atom is 0.254 e. The van der Waals surface area contributed by atoms with E-state index < -0.39 is 6.10 Å². The fourth-order valence-electron chi connectivity index (χ4n) is 3.12. The summed E-state index contributed by atoms with van der Waals surface area (Å²) in [6.45, 7) is 6.85. The molecule has 2 aliphatic heterocycles. The Morgan fingerprint density at radius 2 is 1.87 bits per heavy atom. The third-order valence-corrected chi connectivity index (χ3v) is 4.87. The van der Waals surface area contributed by atoms with Gasteiger partial charge in [0.15, 0.2) is 6.10 Å². The van der Waals surface area contributed by atoms with Crippen molar-refractivity contribution in [2.45, 2.75) is 19.1 Å². The highest BCUT2D eigenvalue weighted by Crippen LogP contribution is 2.23. The normalized spacial score (nSPS) is 24.4. The number of carbonyl (C=O) groups is 1. The number of piperazine rings is 1. The van der Waals surface area contributed by atoms with E-state index in [2.05, 4.69) is 24.0 Å². The van der Waals surface area contributed by atoms with Gasteiger partial charge in [-0.25, -0.2) is 0 Å². The first kappa shape index (κ1) is 16.7. The van der Waals surface area contributed by atoms with E-state index in [-0.39, 0.29) is 5.91 Å². The highest BCUT2D eigenvalue weighted by molar-refractivity contribution is 6.30. The van der Waals surface area contributed by atoms with Gasteiger partial charge in [0.1, 0.15) is 0 Å². The lowest BCUT2D eigenvalue weighted by molar-refractivity contribution is -0.159. The van der Waals surface area contributed by atoms with Crippen molar-refractivity contribution in [2.75, 3.05) is 46.0 Å². The van der Waals surface area contributed by atoms with E-state index >= 15 is 0 Å². The molecule has 5 nitrogen and oxygen atoms in total. The van der Waals surface area contributed by atoms with Crippen LogP contribution in [0, 0.1) is 0 Å². The minimum atomic E-state index is -0.427. The Morgan fingerprint density at radius 1 is 1.17 bits per heavy atom. The van der Waals surface area contributed by atoms with Gasteiger partial charge in [0.25, 0.3) is 5.91 Å². The summed E-state index contributed by atoms with van der Waals surface area (Å²) in [4.78, 5) is 16.7. The Morgan fingerprint density at radius 3 is 2.48 bits per heavy atom.